The third-order valence-corrected chi connectivity index (χ3v) is 6.09. The summed E-state index contributed by atoms with van der Waals surface area (Å²) in [5.41, 5.74) is 9.08. The zero-order valence-electron chi connectivity index (χ0n) is 21.9. The number of benzene rings is 1. The minimum atomic E-state index is -1.61. The van der Waals surface area contributed by atoms with E-state index < -0.39 is 12.0 Å². The molecule has 1 aromatic carbocycles. The maximum Gasteiger partial charge on any atom is 0.212 e. The molecule has 1 unspecified atom stereocenters. The van der Waals surface area contributed by atoms with Gasteiger partial charge in [0, 0.05) is 42.3 Å². The summed E-state index contributed by atoms with van der Waals surface area (Å²) in [7, 11) is 0. The zero-order chi connectivity index (χ0) is 27.1. The van der Waals surface area contributed by atoms with Crippen LogP contribution in [0, 0.1) is 34.0 Å². The number of rotatable bonds is 7. The Balaban J connectivity index is 1.63. The number of pyridine rings is 2. The lowest BCUT2D eigenvalue weighted by molar-refractivity contribution is 0.260. The van der Waals surface area contributed by atoms with E-state index in [0.717, 1.165) is 12.8 Å². The van der Waals surface area contributed by atoms with Crippen molar-refractivity contribution in [3.05, 3.63) is 71.2 Å². The maximum atomic E-state index is 13.7. The minimum absolute atomic E-state index is 0.0663. The first-order valence-corrected chi connectivity index (χ1v) is 12.0. The van der Waals surface area contributed by atoms with Crippen LogP contribution in [0.2, 0.25) is 0 Å². The molecule has 0 radical (unpaired) electrons. The quantitative estimate of drug-likeness (QED) is 0.350. The van der Waals surface area contributed by atoms with Crippen molar-refractivity contribution in [1.82, 2.24) is 25.9 Å². The smallest absolute Gasteiger partial charge is 0.212 e. The molecule has 0 amide bonds. The van der Waals surface area contributed by atoms with Crippen LogP contribution in [0.1, 0.15) is 57.7 Å². The highest BCUT2D eigenvalue weighted by Gasteiger charge is 2.32. The largest absolute Gasteiger partial charge is 0.383 e. The fourth-order valence-corrected chi connectivity index (χ4v) is 4.06. The van der Waals surface area contributed by atoms with Crippen LogP contribution in [0.5, 0.6) is 0 Å². The first kappa shape index (κ1) is 23.0. The molecular weight excluding hydrogens is 469 g/mol. The van der Waals surface area contributed by atoms with Crippen LogP contribution < -0.4 is 21.6 Å². The third kappa shape index (κ3) is 5.25. The third-order valence-electron chi connectivity index (χ3n) is 6.09. The predicted octanol–water partition coefficient (Wildman–Crippen LogP) is 4.45. The van der Waals surface area contributed by atoms with Gasteiger partial charge in [0.2, 0.25) is 5.95 Å². The van der Waals surface area contributed by atoms with Crippen molar-refractivity contribution in [3.63, 3.8) is 0 Å². The fraction of sp³-hybridized carbons (Fsp3) is 0.333. The number of nitrogens with zero attached hydrogens (tertiary/aromatic N) is 5. The summed E-state index contributed by atoms with van der Waals surface area (Å²) in [5.74, 6) is -0.649. The Morgan fingerprint density at radius 1 is 1.19 bits per heavy atom. The molecule has 188 valence electrons. The van der Waals surface area contributed by atoms with Gasteiger partial charge in [-0.25, -0.2) is 4.98 Å². The van der Waals surface area contributed by atoms with Gasteiger partial charge in [-0.1, -0.05) is 26.8 Å². The Bertz CT molecular complexity index is 1500. The number of hydrogen-bond acceptors (Lipinski definition) is 9. The number of hydrazine groups is 2. The second-order valence-electron chi connectivity index (χ2n) is 10.4. The normalized spacial score (nSPS) is 17.2. The van der Waals surface area contributed by atoms with Gasteiger partial charge in [-0.3, -0.25) is 9.99 Å². The van der Waals surface area contributed by atoms with E-state index in [1.165, 1.54) is 24.5 Å². The van der Waals surface area contributed by atoms with Crippen LogP contribution in [-0.4, -0.2) is 27.6 Å². The van der Waals surface area contributed by atoms with Gasteiger partial charge in [-0.2, -0.15) is 14.9 Å². The molecule has 1 aliphatic heterocycles. The fourth-order valence-electron chi connectivity index (χ4n) is 4.06. The Morgan fingerprint density at radius 3 is 2.62 bits per heavy atom. The summed E-state index contributed by atoms with van der Waals surface area (Å²) in [5, 5.41) is 28.8. The monoisotopic (exact) mass is 498 g/mol. The van der Waals surface area contributed by atoms with Crippen molar-refractivity contribution in [2.45, 2.75) is 45.7 Å². The SMILES string of the molecule is [2H]C(Nc1cc(C#N)c2ncc(C#N)c(NCC(C)(C)C)c2c1)(C1=CN(C2CC2)NN1)c1ccc(F)nc1. The summed E-state index contributed by atoms with van der Waals surface area (Å²) in [6, 6.07) is 9.21. The van der Waals surface area contributed by atoms with Gasteiger partial charge in [0.15, 0.2) is 0 Å². The first-order valence-electron chi connectivity index (χ1n) is 12.5. The van der Waals surface area contributed by atoms with Gasteiger partial charge in [-0.05, 0) is 42.0 Å². The number of nitriles is 2. The van der Waals surface area contributed by atoms with Crippen molar-refractivity contribution in [3.8, 4) is 12.1 Å². The van der Waals surface area contributed by atoms with E-state index >= 15 is 0 Å². The van der Waals surface area contributed by atoms with E-state index in [1.807, 2.05) is 11.2 Å². The summed E-state index contributed by atoms with van der Waals surface area (Å²) < 4.78 is 23.2. The Kier molecular flexibility index (Phi) is 5.95. The molecule has 1 aliphatic carbocycles. The van der Waals surface area contributed by atoms with E-state index in [9.17, 15) is 16.3 Å². The van der Waals surface area contributed by atoms with E-state index in [0.29, 0.717) is 57.3 Å². The van der Waals surface area contributed by atoms with Crippen molar-refractivity contribution in [2.24, 2.45) is 5.41 Å². The van der Waals surface area contributed by atoms with Crippen LogP contribution in [0.4, 0.5) is 15.8 Å². The van der Waals surface area contributed by atoms with E-state index in [1.54, 1.807) is 12.1 Å². The van der Waals surface area contributed by atoms with Crippen LogP contribution in [0.25, 0.3) is 10.9 Å². The number of halogens is 1. The summed E-state index contributed by atoms with van der Waals surface area (Å²) in [6.07, 6.45) is 6.69. The topological polar surface area (TPSA) is 125 Å². The highest BCUT2D eigenvalue weighted by Crippen LogP contribution is 2.35. The maximum absolute atomic E-state index is 13.7. The first-order chi connectivity index (χ1) is 18.1. The zero-order valence-corrected chi connectivity index (χ0v) is 20.9. The van der Waals surface area contributed by atoms with Crippen molar-refractivity contribution < 1.29 is 5.76 Å². The van der Waals surface area contributed by atoms with Gasteiger partial charge >= 0.3 is 0 Å². The molecule has 3 aromatic rings. The number of hydrogen-bond donors (Lipinski definition) is 4. The molecule has 4 N–H and O–H groups in total. The molecule has 37 heavy (non-hydrogen) atoms. The molecule has 0 spiro atoms. The van der Waals surface area contributed by atoms with E-state index in [-0.39, 0.29) is 5.41 Å². The predicted molar refractivity (Wildman–Crippen MR) is 139 cm³/mol. The van der Waals surface area contributed by atoms with E-state index in [4.69, 9.17) is 0 Å². The highest BCUT2D eigenvalue weighted by atomic mass is 19.1. The highest BCUT2D eigenvalue weighted by molar-refractivity contribution is 5.99. The van der Waals surface area contributed by atoms with Crippen LogP contribution in [0.15, 0.2) is 48.6 Å². The Hall–Kier alpha value is -4.41. The Labute approximate surface area is 216 Å². The molecule has 0 saturated heterocycles. The molecule has 1 saturated carbocycles. The number of anilines is 2. The molecule has 0 bridgehead atoms. The van der Waals surface area contributed by atoms with Gasteiger partial charge in [0.25, 0.3) is 0 Å². The van der Waals surface area contributed by atoms with Gasteiger partial charge in [0.1, 0.15) is 12.1 Å². The van der Waals surface area contributed by atoms with E-state index in [2.05, 4.69) is 64.5 Å². The van der Waals surface area contributed by atoms with Crippen molar-refractivity contribution in [1.29, 1.82) is 10.5 Å². The number of fused-ring (bicyclic) bond motifs is 1. The molecule has 2 aliphatic rings. The Morgan fingerprint density at radius 2 is 1.97 bits per heavy atom. The average Bonchev–Trinajstić information content (AvgIpc) is 3.62. The molecule has 10 heteroatoms. The second kappa shape index (κ2) is 9.57. The second-order valence-corrected chi connectivity index (χ2v) is 10.4. The lowest BCUT2D eigenvalue weighted by Crippen LogP contribution is -2.38. The standard InChI is InChI=1S/C27H28FN9/c1-27(2,3)15-33-25-18(11-30)13-32-24-17(10-29)8-19(9-21(24)25)34-26(16-4-7-23(28)31-12-16)22-14-37(36-35-22)20-5-6-20/h4,7-9,12-14,20,26,34-36H,5-6,15H2,1-3H3,(H,32,33)/i26D. The molecule has 9 nitrogen and oxygen atoms in total. The van der Waals surface area contributed by atoms with Crippen LogP contribution in [0.3, 0.4) is 0 Å². The molecule has 1 atom stereocenters. The lowest BCUT2D eigenvalue weighted by atomic mass is 9.96. The van der Waals surface area contributed by atoms with Crippen LogP contribution >= 0.6 is 0 Å². The van der Waals surface area contributed by atoms with Gasteiger partial charge in [0.05, 0.1) is 35.4 Å². The van der Waals surface area contributed by atoms with Gasteiger partial charge in [-0.15, -0.1) is 5.53 Å². The summed E-state index contributed by atoms with van der Waals surface area (Å²) >= 11 is 0. The number of nitrogens with one attached hydrogen (secondary N) is 4. The van der Waals surface area contributed by atoms with Gasteiger partial charge < -0.3 is 16.1 Å². The van der Waals surface area contributed by atoms with Crippen LogP contribution in [-0.2, 0) is 0 Å². The minimum Gasteiger partial charge on any atom is -0.383 e. The molecule has 2 aromatic heterocycles. The summed E-state index contributed by atoms with van der Waals surface area (Å²) in [4.78, 5) is 8.16. The molecule has 1 fully saturated rings. The summed E-state index contributed by atoms with van der Waals surface area (Å²) in [6.45, 7) is 6.82. The van der Waals surface area contributed by atoms with Crippen molar-refractivity contribution >= 4 is 22.3 Å². The molecule has 3 heterocycles. The molecule has 5 rings (SSSR count). The lowest BCUT2D eigenvalue weighted by Gasteiger charge is -2.23. The van der Waals surface area contributed by atoms with Crippen molar-refractivity contribution in [2.75, 3.05) is 17.2 Å². The average molecular weight is 499 g/mol. The number of aromatic nitrogens is 2. The molecular formula is C27H28FN9.